The fraction of sp³-hybridized carbons (Fsp3) is 0.250. The summed E-state index contributed by atoms with van der Waals surface area (Å²) in [6.07, 6.45) is 0. The summed E-state index contributed by atoms with van der Waals surface area (Å²) in [7, 11) is 0. The monoisotopic (exact) mass is 270 g/mol. The van der Waals surface area contributed by atoms with Crippen LogP contribution in [0.3, 0.4) is 0 Å². The van der Waals surface area contributed by atoms with Crippen LogP contribution in [0.15, 0.2) is 48.5 Å². The van der Waals surface area contributed by atoms with Gasteiger partial charge in [0.2, 0.25) is 0 Å². The highest BCUT2D eigenvalue weighted by atomic mass is 16.6. The third kappa shape index (κ3) is 3.22. The Hall–Kier alpha value is -2.20. The van der Waals surface area contributed by atoms with Crippen molar-refractivity contribution in [2.24, 2.45) is 0 Å². The van der Waals surface area contributed by atoms with E-state index in [9.17, 15) is 10.1 Å². The number of benzene rings is 2. The van der Waals surface area contributed by atoms with Gasteiger partial charge in [-0.3, -0.25) is 10.1 Å². The van der Waals surface area contributed by atoms with Crippen molar-refractivity contribution in [2.45, 2.75) is 26.4 Å². The van der Waals surface area contributed by atoms with Crippen molar-refractivity contribution in [3.63, 3.8) is 0 Å². The molecule has 1 atom stereocenters. The Morgan fingerprint density at radius 2 is 1.80 bits per heavy atom. The maximum Gasteiger partial charge on any atom is 0.273 e. The molecule has 104 valence electrons. The van der Waals surface area contributed by atoms with E-state index in [1.165, 1.54) is 17.2 Å². The average molecular weight is 270 g/mol. The van der Waals surface area contributed by atoms with Crippen molar-refractivity contribution < 1.29 is 4.92 Å². The summed E-state index contributed by atoms with van der Waals surface area (Å²) in [5.41, 5.74) is 3.30. The molecule has 4 nitrogen and oxygen atoms in total. The maximum absolute atomic E-state index is 11.0. The van der Waals surface area contributed by atoms with Crippen molar-refractivity contribution in [2.75, 3.05) is 0 Å². The zero-order valence-electron chi connectivity index (χ0n) is 11.7. The largest absolute Gasteiger partial charge is 0.306 e. The molecule has 0 aliphatic carbocycles. The van der Waals surface area contributed by atoms with Crippen LogP contribution in [0.1, 0.15) is 29.7 Å². The van der Waals surface area contributed by atoms with Crippen LogP contribution < -0.4 is 5.32 Å². The molecule has 2 aromatic carbocycles. The molecule has 0 fully saturated rings. The lowest BCUT2D eigenvalue weighted by Gasteiger charge is -2.16. The second-order valence-electron chi connectivity index (χ2n) is 4.84. The fourth-order valence-corrected chi connectivity index (χ4v) is 2.28. The Morgan fingerprint density at radius 1 is 1.15 bits per heavy atom. The van der Waals surface area contributed by atoms with E-state index in [1.54, 1.807) is 12.1 Å². The molecule has 0 bridgehead atoms. The lowest BCUT2D eigenvalue weighted by atomic mass is 10.0. The third-order valence-corrected chi connectivity index (χ3v) is 3.44. The van der Waals surface area contributed by atoms with E-state index >= 15 is 0 Å². The topological polar surface area (TPSA) is 55.2 Å². The van der Waals surface area contributed by atoms with Gasteiger partial charge in [-0.15, -0.1) is 0 Å². The number of nitrogens with zero attached hydrogens (tertiary/aromatic N) is 1. The van der Waals surface area contributed by atoms with Gasteiger partial charge >= 0.3 is 0 Å². The SMILES string of the molecule is Cc1ccccc1[C@@H](C)NCc1ccccc1[N+](=O)[O-]. The summed E-state index contributed by atoms with van der Waals surface area (Å²) in [6.45, 7) is 4.61. The van der Waals surface area contributed by atoms with Crippen LogP contribution in [0.2, 0.25) is 0 Å². The number of nitrogens with one attached hydrogen (secondary N) is 1. The highest BCUT2D eigenvalue weighted by Gasteiger charge is 2.13. The van der Waals surface area contributed by atoms with Crippen LogP contribution in [0, 0.1) is 17.0 Å². The van der Waals surface area contributed by atoms with Gasteiger partial charge in [0.1, 0.15) is 0 Å². The minimum absolute atomic E-state index is 0.149. The number of aryl methyl sites for hydroxylation is 1. The Kier molecular flexibility index (Phi) is 4.48. The summed E-state index contributed by atoms with van der Waals surface area (Å²) in [5.74, 6) is 0. The summed E-state index contributed by atoms with van der Waals surface area (Å²) in [4.78, 5) is 10.6. The van der Waals surface area contributed by atoms with Crippen LogP contribution >= 0.6 is 0 Å². The first-order valence-electron chi connectivity index (χ1n) is 6.61. The molecule has 0 spiro atoms. The van der Waals surface area contributed by atoms with Crippen LogP contribution in [0.4, 0.5) is 5.69 Å². The van der Waals surface area contributed by atoms with Gasteiger partial charge in [0.15, 0.2) is 0 Å². The minimum atomic E-state index is -0.338. The average Bonchev–Trinajstić information content (AvgIpc) is 2.45. The van der Waals surface area contributed by atoms with Gasteiger partial charge in [-0.05, 0) is 25.0 Å². The smallest absolute Gasteiger partial charge is 0.273 e. The molecular formula is C16H18N2O2. The zero-order valence-corrected chi connectivity index (χ0v) is 11.7. The molecule has 4 heteroatoms. The molecule has 2 rings (SSSR count). The molecule has 20 heavy (non-hydrogen) atoms. The number of hydrogen-bond donors (Lipinski definition) is 1. The Balaban J connectivity index is 2.10. The Labute approximate surface area is 118 Å². The van der Waals surface area contributed by atoms with E-state index in [0.717, 1.165) is 0 Å². The van der Waals surface area contributed by atoms with Gasteiger partial charge < -0.3 is 5.32 Å². The van der Waals surface area contributed by atoms with Gasteiger partial charge in [0.05, 0.1) is 4.92 Å². The summed E-state index contributed by atoms with van der Waals surface area (Å²) < 4.78 is 0. The van der Waals surface area contributed by atoms with Gasteiger partial charge in [-0.25, -0.2) is 0 Å². The zero-order chi connectivity index (χ0) is 14.5. The predicted octanol–water partition coefficient (Wildman–Crippen LogP) is 3.75. The molecule has 0 heterocycles. The number of para-hydroxylation sites is 1. The second-order valence-corrected chi connectivity index (χ2v) is 4.84. The van der Waals surface area contributed by atoms with Gasteiger partial charge in [0, 0.05) is 24.2 Å². The highest BCUT2D eigenvalue weighted by molar-refractivity contribution is 5.39. The number of rotatable bonds is 5. The van der Waals surface area contributed by atoms with Crippen molar-refractivity contribution in [3.05, 3.63) is 75.3 Å². The van der Waals surface area contributed by atoms with Gasteiger partial charge in [0.25, 0.3) is 5.69 Å². The first-order chi connectivity index (χ1) is 9.59. The van der Waals surface area contributed by atoms with Crippen LogP contribution in [-0.4, -0.2) is 4.92 Å². The standard InChI is InChI=1S/C16H18N2O2/c1-12-7-3-5-9-15(12)13(2)17-11-14-8-4-6-10-16(14)18(19)20/h3-10,13,17H,11H2,1-2H3/t13-/m1/s1. The highest BCUT2D eigenvalue weighted by Crippen LogP contribution is 2.20. The van der Waals surface area contributed by atoms with E-state index in [0.29, 0.717) is 12.1 Å². The Morgan fingerprint density at radius 3 is 2.50 bits per heavy atom. The number of hydrogen-bond acceptors (Lipinski definition) is 3. The molecule has 0 saturated heterocycles. The van der Waals surface area contributed by atoms with E-state index in [-0.39, 0.29) is 16.7 Å². The van der Waals surface area contributed by atoms with E-state index < -0.39 is 0 Å². The van der Waals surface area contributed by atoms with Crippen molar-refractivity contribution in [1.29, 1.82) is 0 Å². The van der Waals surface area contributed by atoms with E-state index in [2.05, 4.69) is 31.3 Å². The molecular weight excluding hydrogens is 252 g/mol. The quantitative estimate of drug-likeness (QED) is 0.665. The first-order valence-corrected chi connectivity index (χ1v) is 6.61. The maximum atomic E-state index is 11.0. The van der Waals surface area contributed by atoms with Crippen molar-refractivity contribution in [3.8, 4) is 0 Å². The fourth-order valence-electron chi connectivity index (χ4n) is 2.28. The van der Waals surface area contributed by atoms with Crippen molar-refractivity contribution >= 4 is 5.69 Å². The molecule has 0 aliphatic rings. The molecule has 0 aromatic heterocycles. The molecule has 0 saturated carbocycles. The minimum Gasteiger partial charge on any atom is -0.306 e. The first kappa shape index (κ1) is 14.2. The summed E-state index contributed by atoms with van der Waals surface area (Å²) >= 11 is 0. The van der Waals surface area contributed by atoms with Crippen LogP contribution in [0.25, 0.3) is 0 Å². The van der Waals surface area contributed by atoms with Crippen LogP contribution in [0.5, 0.6) is 0 Å². The molecule has 0 amide bonds. The van der Waals surface area contributed by atoms with Crippen LogP contribution in [-0.2, 0) is 6.54 Å². The lowest BCUT2D eigenvalue weighted by Crippen LogP contribution is -2.19. The summed E-state index contributed by atoms with van der Waals surface area (Å²) in [5, 5.41) is 14.3. The molecule has 0 aliphatic heterocycles. The summed E-state index contributed by atoms with van der Waals surface area (Å²) in [6, 6.07) is 15.1. The van der Waals surface area contributed by atoms with Gasteiger partial charge in [-0.2, -0.15) is 0 Å². The van der Waals surface area contributed by atoms with Gasteiger partial charge in [-0.1, -0.05) is 42.5 Å². The second kappa shape index (κ2) is 6.30. The molecule has 0 radical (unpaired) electrons. The molecule has 2 aromatic rings. The normalized spacial score (nSPS) is 12.1. The lowest BCUT2D eigenvalue weighted by molar-refractivity contribution is -0.385. The number of nitro groups is 1. The Bertz CT molecular complexity index is 611. The van der Waals surface area contributed by atoms with E-state index in [1.807, 2.05) is 18.2 Å². The number of nitro benzene ring substituents is 1. The predicted molar refractivity (Wildman–Crippen MR) is 79.5 cm³/mol. The molecule has 0 unspecified atom stereocenters. The molecule has 1 N–H and O–H groups in total. The van der Waals surface area contributed by atoms with Crippen molar-refractivity contribution in [1.82, 2.24) is 5.32 Å². The van der Waals surface area contributed by atoms with E-state index in [4.69, 9.17) is 0 Å². The third-order valence-electron chi connectivity index (χ3n) is 3.44.